The monoisotopic (exact) mass is 514 g/mol. The molecule has 168 valence electrons. The molecule has 2 aliphatic heterocycles. The van der Waals surface area contributed by atoms with Crippen molar-refractivity contribution in [1.82, 2.24) is 19.7 Å². The Hall–Kier alpha value is -4.36. The Morgan fingerprint density at radius 2 is 1.40 bits per heavy atom. The molecule has 0 saturated heterocycles. The van der Waals surface area contributed by atoms with Crippen molar-refractivity contribution in [2.24, 2.45) is 0 Å². The average molecular weight is 516 g/mol. The predicted molar refractivity (Wildman–Crippen MR) is 130 cm³/mol. The van der Waals surface area contributed by atoms with Crippen LogP contribution < -0.4 is 0 Å². The van der Waals surface area contributed by atoms with Gasteiger partial charge in [-0.15, -0.1) is 0 Å². The van der Waals surface area contributed by atoms with Crippen LogP contribution in [0.25, 0.3) is 57.2 Å². The molecule has 6 rings (SSSR count). The van der Waals surface area contributed by atoms with E-state index in [0.717, 1.165) is 11.0 Å². The standard InChI is InChI=1S/C26H18N4O4.Zn/c31-21-13-19-11-17-7-6-15(27-17)10-16-8-9-18(28-16)12-20-22(14-4-2-1-3-5-14)25(32)24(30(20)34)26(33)23(21)29-19;/h1-13,27,31-34H;. The number of hydrogen-bond acceptors (Lipinski definition) is 6. The number of fused-ring (bicyclic) bond motifs is 8. The molecule has 0 aliphatic carbocycles. The van der Waals surface area contributed by atoms with E-state index in [1.807, 2.05) is 30.3 Å². The Labute approximate surface area is 211 Å². The zero-order valence-corrected chi connectivity index (χ0v) is 21.3. The molecule has 0 fully saturated rings. The number of aliphatic hydroxyl groups excluding tert-OH is 1. The first-order valence-corrected chi connectivity index (χ1v) is 10.5. The van der Waals surface area contributed by atoms with Crippen LogP contribution in [0, 0.1) is 0 Å². The molecular formula is C26H18N4O4Zn. The Kier molecular flexibility index (Phi) is 5.42. The molecule has 0 amide bonds. The van der Waals surface area contributed by atoms with E-state index in [1.54, 1.807) is 42.5 Å². The van der Waals surface area contributed by atoms with Crippen LogP contribution in [-0.4, -0.2) is 40.2 Å². The number of nitrogens with zero attached hydrogens (tertiary/aromatic N) is 3. The summed E-state index contributed by atoms with van der Waals surface area (Å²) in [5.74, 6) is -1.22. The van der Waals surface area contributed by atoms with E-state index in [9.17, 15) is 20.5 Å². The molecule has 2 aliphatic rings. The fourth-order valence-electron chi connectivity index (χ4n) is 4.20. The van der Waals surface area contributed by atoms with Crippen LogP contribution in [0.4, 0.5) is 0 Å². The van der Waals surface area contributed by atoms with Gasteiger partial charge in [0.1, 0.15) is 11.5 Å². The maximum Gasteiger partial charge on any atom is 0.176 e. The molecule has 9 heteroatoms. The second-order valence-corrected chi connectivity index (χ2v) is 8.00. The van der Waals surface area contributed by atoms with Crippen molar-refractivity contribution in [1.29, 1.82) is 0 Å². The molecule has 0 saturated carbocycles. The summed E-state index contributed by atoms with van der Waals surface area (Å²) >= 11 is 0. The van der Waals surface area contributed by atoms with Gasteiger partial charge in [0.2, 0.25) is 0 Å². The topological polar surface area (TPSA) is 127 Å². The summed E-state index contributed by atoms with van der Waals surface area (Å²) in [5, 5.41) is 43.7. The van der Waals surface area contributed by atoms with Gasteiger partial charge < -0.3 is 25.5 Å². The van der Waals surface area contributed by atoms with E-state index >= 15 is 0 Å². The summed E-state index contributed by atoms with van der Waals surface area (Å²) in [7, 11) is 0. The predicted octanol–water partition coefficient (Wildman–Crippen LogP) is 5.33. The number of rotatable bonds is 1. The molecule has 5 heterocycles. The summed E-state index contributed by atoms with van der Waals surface area (Å²) < 4.78 is 0.685. The van der Waals surface area contributed by atoms with Gasteiger partial charge in [-0.1, -0.05) is 30.3 Å². The van der Waals surface area contributed by atoms with Crippen LogP contribution in [0.3, 0.4) is 0 Å². The minimum absolute atomic E-state index is 0. The Balaban J connectivity index is 0.00000253. The van der Waals surface area contributed by atoms with E-state index in [-0.39, 0.29) is 47.7 Å². The molecular weight excluding hydrogens is 498 g/mol. The molecule has 5 N–H and O–H groups in total. The van der Waals surface area contributed by atoms with Crippen molar-refractivity contribution < 1.29 is 40.0 Å². The van der Waals surface area contributed by atoms with Crippen molar-refractivity contribution >= 4 is 46.1 Å². The molecule has 8 nitrogen and oxygen atoms in total. The van der Waals surface area contributed by atoms with Crippen LogP contribution in [0.5, 0.6) is 11.5 Å². The molecule has 8 bridgehead atoms. The maximum atomic E-state index is 11.1. The van der Waals surface area contributed by atoms with Crippen LogP contribution in [-0.2, 0) is 19.5 Å². The van der Waals surface area contributed by atoms with E-state index in [1.165, 1.54) is 6.08 Å². The number of aliphatic hydroxyl groups is 1. The molecule has 0 radical (unpaired) electrons. The van der Waals surface area contributed by atoms with E-state index in [4.69, 9.17) is 0 Å². The smallest absolute Gasteiger partial charge is 0.176 e. The fourth-order valence-corrected chi connectivity index (χ4v) is 4.20. The summed E-state index contributed by atoms with van der Waals surface area (Å²) in [6, 6.07) is 17.9. The van der Waals surface area contributed by atoms with Crippen LogP contribution in [0.2, 0.25) is 0 Å². The summed E-state index contributed by atoms with van der Waals surface area (Å²) in [6.45, 7) is 0. The third-order valence-electron chi connectivity index (χ3n) is 5.74. The van der Waals surface area contributed by atoms with Crippen LogP contribution >= 0.6 is 0 Å². The van der Waals surface area contributed by atoms with E-state index in [2.05, 4.69) is 15.0 Å². The van der Waals surface area contributed by atoms with Gasteiger partial charge in [0.05, 0.1) is 28.2 Å². The normalized spacial score (nSPS) is 12.3. The first-order chi connectivity index (χ1) is 16.5. The van der Waals surface area contributed by atoms with E-state index in [0.29, 0.717) is 32.9 Å². The third-order valence-corrected chi connectivity index (χ3v) is 5.74. The summed E-state index contributed by atoms with van der Waals surface area (Å²) in [4.78, 5) is 12.1. The van der Waals surface area contributed by atoms with Gasteiger partial charge in [-0.3, -0.25) is 0 Å². The maximum absolute atomic E-state index is 11.1. The SMILES string of the molecule is OC1=Cc2cc3ccc(cc4nc(cc5c(-c6ccccc6)c(O)c(c(O)c1n2)n5O)C=C4)[nH]3.[Zn]. The molecule has 0 spiro atoms. The largest absolute Gasteiger partial charge is 0.505 e. The molecule has 1 aromatic carbocycles. The minimum Gasteiger partial charge on any atom is -0.505 e. The van der Waals surface area contributed by atoms with Crippen molar-refractivity contribution in [2.75, 3.05) is 0 Å². The zero-order valence-electron chi connectivity index (χ0n) is 18.3. The average Bonchev–Trinajstić information content (AvgIpc) is 3.58. The summed E-state index contributed by atoms with van der Waals surface area (Å²) in [5.41, 5.74) is 3.87. The van der Waals surface area contributed by atoms with Gasteiger partial charge in [0.25, 0.3) is 0 Å². The molecule has 35 heavy (non-hydrogen) atoms. The van der Waals surface area contributed by atoms with Gasteiger partial charge in [0, 0.05) is 36.6 Å². The number of hydrogen-bond donors (Lipinski definition) is 5. The number of benzene rings is 1. The Bertz CT molecular complexity index is 1700. The third kappa shape index (κ3) is 3.76. The van der Waals surface area contributed by atoms with Gasteiger partial charge >= 0.3 is 0 Å². The van der Waals surface area contributed by atoms with E-state index < -0.39 is 5.75 Å². The van der Waals surface area contributed by atoms with Crippen LogP contribution in [0.1, 0.15) is 22.8 Å². The van der Waals surface area contributed by atoms with Crippen molar-refractivity contribution in [3.05, 3.63) is 83.4 Å². The molecule has 3 aromatic heterocycles. The molecule has 4 aromatic rings. The van der Waals surface area contributed by atoms with Crippen LogP contribution in [0.15, 0.2) is 60.7 Å². The van der Waals surface area contributed by atoms with Gasteiger partial charge in [-0.2, -0.15) is 4.73 Å². The Morgan fingerprint density at radius 1 is 0.743 bits per heavy atom. The first-order valence-electron chi connectivity index (χ1n) is 10.5. The van der Waals surface area contributed by atoms with Gasteiger partial charge in [-0.25, -0.2) is 9.97 Å². The zero-order chi connectivity index (χ0) is 23.4. The van der Waals surface area contributed by atoms with Crippen molar-refractivity contribution in [3.63, 3.8) is 0 Å². The van der Waals surface area contributed by atoms with Gasteiger partial charge in [-0.05, 0) is 48.0 Å². The van der Waals surface area contributed by atoms with Crippen molar-refractivity contribution in [2.45, 2.75) is 0 Å². The summed E-state index contributed by atoms with van der Waals surface area (Å²) in [6.07, 6.45) is 5.03. The second kappa shape index (κ2) is 8.45. The van der Waals surface area contributed by atoms with Gasteiger partial charge in [0.15, 0.2) is 17.0 Å². The number of aromatic nitrogens is 4. The fraction of sp³-hybridized carbons (Fsp3) is 0. The number of aromatic amines is 1. The quantitative estimate of drug-likeness (QED) is 0.152. The molecule has 0 atom stereocenters. The number of nitrogens with one attached hydrogen (secondary N) is 1. The number of aromatic hydroxyl groups is 2. The minimum atomic E-state index is -0.572. The van der Waals surface area contributed by atoms with Crippen molar-refractivity contribution in [3.8, 4) is 22.6 Å². The number of H-pyrrole nitrogens is 1. The first kappa shape index (κ1) is 22.4. The second-order valence-electron chi connectivity index (χ2n) is 8.00. The molecule has 0 unspecified atom stereocenters. The Morgan fingerprint density at radius 3 is 2.11 bits per heavy atom.